The molecule has 4 heteroatoms. The number of hydrogen-bond donors (Lipinski definition) is 0. The molecule has 0 bridgehead atoms. The molecule has 4 nitrogen and oxygen atoms in total. The van der Waals surface area contributed by atoms with Crippen LogP contribution in [0.1, 0.15) is 60.1 Å². The van der Waals surface area contributed by atoms with Crippen molar-refractivity contribution in [3.05, 3.63) is 113 Å². The van der Waals surface area contributed by atoms with Gasteiger partial charge in [0.1, 0.15) is 0 Å². The summed E-state index contributed by atoms with van der Waals surface area (Å²) in [6.45, 7) is 0. The summed E-state index contributed by atoms with van der Waals surface area (Å²) < 4.78 is 6.70. The fourth-order valence-electron chi connectivity index (χ4n) is 5.23. The number of hydrogen-bond acceptors (Lipinski definition) is 3. The van der Waals surface area contributed by atoms with Crippen LogP contribution in [-0.2, 0) is 9.57 Å². The van der Waals surface area contributed by atoms with Crippen molar-refractivity contribution >= 4 is 6.21 Å². The third-order valence-electron chi connectivity index (χ3n) is 6.78. The van der Waals surface area contributed by atoms with Gasteiger partial charge in [-0.1, -0.05) is 104 Å². The minimum atomic E-state index is -0.653. The molecule has 0 radical (unpaired) electrons. The Morgan fingerprint density at radius 3 is 1.94 bits per heavy atom. The largest absolute Gasteiger partial charge is 0.372 e. The van der Waals surface area contributed by atoms with E-state index in [0.29, 0.717) is 10.8 Å². The van der Waals surface area contributed by atoms with E-state index < -0.39 is 6.29 Å². The summed E-state index contributed by atoms with van der Waals surface area (Å²) >= 11 is 0. The minimum absolute atomic E-state index is 0.0188. The first-order valence-corrected chi connectivity index (χ1v) is 11.6. The highest BCUT2D eigenvalue weighted by molar-refractivity contribution is 5.66. The van der Waals surface area contributed by atoms with Crippen molar-refractivity contribution in [2.24, 2.45) is 0 Å². The van der Waals surface area contributed by atoms with Gasteiger partial charge in [0.2, 0.25) is 6.21 Å². The van der Waals surface area contributed by atoms with E-state index in [2.05, 4.69) is 48.5 Å². The highest BCUT2D eigenvalue weighted by Gasteiger charge is 2.41. The maximum absolute atomic E-state index is 12.6. The average molecular weight is 428 g/mol. The van der Waals surface area contributed by atoms with Crippen molar-refractivity contribution in [2.75, 3.05) is 0 Å². The summed E-state index contributed by atoms with van der Waals surface area (Å²) in [5, 5.41) is 12.6. The van der Waals surface area contributed by atoms with E-state index in [0.717, 1.165) is 30.4 Å². The quantitative estimate of drug-likeness (QED) is 0.459. The van der Waals surface area contributed by atoms with Crippen LogP contribution in [0.2, 0.25) is 0 Å². The Hall–Kier alpha value is -3.11. The second kappa shape index (κ2) is 9.58. The van der Waals surface area contributed by atoms with Gasteiger partial charge in [0, 0.05) is 16.7 Å². The lowest BCUT2D eigenvalue weighted by atomic mass is 9.79. The number of benzene rings is 3. The van der Waals surface area contributed by atoms with Gasteiger partial charge < -0.3 is 9.57 Å². The summed E-state index contributed by atoms with van der Waals surface area (Å²) in [5.74, 6) is 0.0712. The lowest BCUT2D eigenvalue weighted by molar-refractivity contribution is -0.770. The number of nitrogens with zero attached hydrogens (tertiary/aromatic N) is 1. The van der Waals surface area contributed by atoms with Crippen LogP contribution in [0, 0.1) is 5.21 Å². The Bertz CT molecular complexity index is 1020. The first kappa shape index (κ1) is 20.8. The molecule has 5 rings (SSSR count). The summed E-state index contributed by atoms with van der Waals surface area (Å²) in [6, 6.07) is 31.0. The van der Waals surface area contributed by atoms with Crippen molar-refractivity contribution in [1.29, 1.82) is 0 Å². The van der Waals surface area contributed by atoms with Crippen molar-refractivity contribution in [3.8, 4) is 0 Å². The van der Waals surface area contributed by atoms with Crippen molar-refractivity contribution < 1.29 is 14.5 Å². The maximum Gasteiger partial charge on any atom is 0.218 e. The van der Waals surface area contributed by atoms with E-state index >= 15 is 0 Å². The van der Waals surface area contributed by atoms with E-state index in [9.17, 15) is 5.21 Å². The second-order valence-corrected chi connectivity index (χ2v) is 8.76. The zero-order valence-corrected chi connectivity index (χ0v) is 18.1. The molecule has 0 spiro atoms. The molecule has 0 aromatic heterocycles. The Morgan fingerprint density at radius 2 is 1.28 bits per heavy atom. The topological polar surface area (TPSA) is 44.5 Å². The van der Waals surface area contributed by atoms with Crippen molar-refractivity contribution in [1.82, 2.24) is 0 Å². The Balaban J connectivity index is 1.49. The van der Waals surface area contributed by atoms with E-state index in [1.165, 1.54) is 12.0 Å². The van der Waals surface area contributed by atoms with Crippen molar-refractivity contribution in [2.45, 2.75) is 55.8 Å². The van der Waals surface area contributed by atoms with Gasteiger partial charge in [-0.25, -0.2) is 0 Å². The van der Waals surface area contributed by atoms with Gasteiger partial charge in [0.15, 0.2) is 6.29 Å². The van der Waals surface area contributed by atoms with Gasteiger partial charge in [-0.2, -0.15) is 0 Å². The van der Waals surface area contributed by atoms with E-state index in [1.807, 2.05) is 42.5 Å². The first-order chi connectivity index (χ1) is 15.8. The van der Waals surface area contributed by atoms with E-state index in [4.69, 9.17) is 9.57 Å². The monoisotopic (exact) mass is 427 g/mol. The highest BCUT2D eigenvalue weighted by Crippen LogP contribution is 2.42. The Kier molecular flexibility index (Phi) is 6.22. The summed E-state index contributed by atoms with van der Waals surface area (Å²) in [6.07, 6.45) is 5.38. The molecule has 5 atom stereocenters. The van der Waals surface area contributed by atoms with Gasteiger partial charge in [-0.05, 0) is 29.5 Å². The molecule has 0 amide bonds. The predicted molar refractivity (Wildman–Crippen MR) is 125 cm³/mol. The van der Waals surface area contributed by atoms with E-state index in [-0.39, 0.29) is 17.9 Å². The second-order valence-electron chi connectivity index (χ2n) is 8.76. The summed E-state index contributed by atoms with van der Waals surface area (Å²) in [5.41, 5.74) is 3.50. The van der Waals surface area contributed by atoms with Crippen LogP contribution in [0.3, 0.4) is 0 Å². The van der Waals surface area contributed by atoms with Gasteiger partial charge in [0.05, 0.1) is 12.0 Å². The highest BCUT2D eigenvalue weighted by atomic mass is 16.9. The molecule has 3 aromatic rings. The minimum Gasteiger partial charge on any atom is -0.372 e. The van der Waals surface area contributed by atoms with Crippen molar-refractivity contribution in [3.63, 3.8) is 0 Å². The van der Waals surface area contributed by atoms with Gasteiger partial charge in [-0.15, -0.1) is 0 Å². The number of rotatable bonds is 5. The fourth-order valence-corrected chi connectivity index (χ4v) is 5.23. The molecule has 1 aliphatic carbocycles. The van der Waals surface area contributed by atoms with Gasteiger partial charge in [-0.3, -0.25) is 5.21 Å². The zero-order chi connectivity index (χ0) is 21.8. The van der Waals surface area contributed by atoms with Gasteiger partial charge in [0.25, 0.3) is 0 Å². The van der Waals surface area contributed by atoms with E-state index in [1.54, 1.807) is 6.21 Å². The summed E-state index contributed by atoms with van der Waals surface area (Å²) in [4.78, 5) is 6.39. The fraction of sp³-hybridized carbons (Fsp3) is 0.321. The number of ether oxygens (including phenoxy) is 1. The normalized spacial score (nSPS) is 27.9. The smallest absolute Gasteiger partial charge is 0.218 e. The van der Waals surface area contributed by atoms with Crippen LogP contribution in [-0.4, -0.2) is 23.5 Å². The molecule has 3 aromatic carbocycles. The lowest BCUT2D eigenvalue weighted by Crippen LogP contribution is -2.42. The molecular weight excluding hydrogens is 398 g/mol. The Labute approximate surface area is 189 Å². The zero-order valence-electron chi connectivity index (χ0n) is 18.1. The summed E-state index contributed by atoms with van der Waals surface area (Å²) in [7, 11) is 0. The third-order valence-corrected chi connectivity index (χ3v) is 6.78. The standard InChI is InChI=1S/C28H29NO3/c30-29-20-25(22-14-6-2-7-15-22)27(23-16-8-3-9-17-23)28(32-29)31-26-19-11-10-18-24(26)21-12-4-1-5-13-21/h1-9,12-17,20,24-28H,10-11,18-19H2/t24-,25+,26+,27+,28-/m0/s1. The molecule has 1 fully saturated rings. The molecule has 1 heterocycles. The van der Waals surface area contributed by atoms with Crippen LogP contribution in [0.25, 0.3) is 0 Å². The SMILES string of the molecule is [O-][N+]1=C[C@H](c2ccccc2)[C@@H](c2ccccc2)[C@@H](O[C@@H]2CCCC[C@H]2c2ccccc2)O1. The third kappa shape index (κ3) is 4.42. The van der Waals surface area contributed by atoms with Crippen LogP contribution < -0.4 is 0 Å². The van der Waals surface area contributed by atoms with Crippen LogP contribution in [0.4, 0.5) is 0 Å². The molecule has 1 saturated carbocycles. The molecule has 0 unspecified atom stereocenters. The molecule has 0 saturated heterocycles. The molecule has 2 aliphatic rings. The molecule has 1 aliphatic heterocycles. The van der Waals surface area contributed by atoms with Crippen LogP contribution >= 0.6 is 0 Å². The molecule has 0 N–H and O–H groups in total. The first-order valence-electron chi connectivity index (χ1n) is 11.6. The molecule has 32 heavy (non-hydrogen) atoms. The van der Waals surface area contributed by atoms with Gasteiger partial charge >= 0.3 is 0 Å². The average Bonchev–Trinajstić information content (AvgIpc) is 2.86. The Morgan fingerprint density at radius 1 is 0.719 bits per heavy atom. The maximum atomic E-state index is 12.6. The predicted octanol–water partition coefficient (Wildman–Crippen LogP) is 6.15. The lowest BCUT2D eigenvalue weighted by Gasteiger charge is -2.41. The molecular formula is C28H29NO3. The van der Waals surface area contributed by atoms with Crippen LogP contribution in [0.5, 0.6) is 0 Å². The van der Waals surface area contributed by atoms with Crippen LogP contribution in [0.15, 0.2) is 91.0 Å². The molecule has 164 valence electrons.